The van der Waals surface area contributed by atoms with Crippen molar-refractivity contribution < 1.29 is 13.3 Å². The monoisotopic (exact) mass is 484 g/mol. The van der Waals surface area contributed by atoms with E-state index in [0.717, 1.165) is 22.0 Å². The van der Waals surface area contributed by atoms with Gasteiger partial charge in [-0.15, -0.1) is 0 Å². The maximum atomic E-state index is 13.7. The zero-order valence-electron chi connectivity index (χ0n) is 19.2. The number of hydrogen-bond donors (Lipinski definition) is 2. The Morgan fingerprint density at radius 2 is 2.09 bits per heavy atom. The fraction of sp³-hybridized carbons (Fsp3) is 0.417. The number of nitrogens with two attached hydrogens (primary N) is 1. The molecule has 8 nitrogen and oxygen atoms in total. The molecule has 0 bridgehead atoms. The van der Waals surface area contributed by atoms with Crippen molar-refractivity contribution in [3.8, 4) is 0 Å². The highest BCUT2D eigenvalue weighted by molar-refractivity contribution is 7.93. The molecule has 3 aromatic rings. The molecule has 34 heavy (non-hydrogen) atoms. The number of aryl methyl sites for hydroxylation is 1. The standard InChI is InChI=1S/C24H29FN6O2S/c1-17-6-7-20-19(12-17)22(27-14-24(26)15-33-16-24)30-23(29-20)31-10-11-34(32,28-9-8-25)21-5-3-2-4-18(21)13-31/h2-7,12H,8-11,13-16,26H2,1H3,(H,27,29,30). The maximum Gasteiger partial charge on any atom is 0.228 e. The van der Waals surface area contributed by atoms with Gasteiger partial charge in [-0.3, -0.25) is 0 Å². The number of aromatic nitrogens is 2. The number of anilines is 2. The first-order valence-corrected chi connectivity index (χ1v) is 13.1. The number of halogens is 1. The molecular weight excluding hydrogens is 455 g/mol. The first-order chi connectivity index (χ1) is 16.4. The summed E-state index contributed by atoms with van der Waals surface area (Å²) in [5, 5.41) is 4.34. The number of nitrogens with zero attached hydrogens (tertiary/aromatic N) is 4. The van der Waals surface area contributed by atoms with Crippen molar-refractivity contribution in [1.29, 1.82) is 0 Å². The molecule has 180 valence electrons. The predicted octanol–water partition coefficient (Wildman–Crippen LogP) is 2.89. The second-order valence-corrected chi connectivity index (χ2v) is 11.4. The van der Waals surface area contributed by atoms with Crippen LogP contribution in [-0.2, 0) is 21.0 Å². The van der Waals surface area contributed by atoms with E-state index in [1.165, 1.54) is 0 Å². The lowest BCUT2D eigenvalue weighted by Gasteiger charge is -2.38. The van der Waals surface area contributed by atoms with Crippen molar-refractivity contribution >= 4 is 32.4 Å². The normalized spacial score (nSPS) is 21.4. The summed E-state index contributed by atoms with van der Waals surface area (Å²) in [5.74, 6) is 1.53. The molecule has 1 saturated heterocycles. The summed E-state index contributed by atoms with van der Waals surface area (Å²) in [6.45, 7) is 3.81. The van der Waals surface area contributed by atoms with Crippen LogP contribution in [0.3, 0.4) is 0 Å². The predicted molar refractivity (Wildman–Crippen MR) is 133 cm³/mol. The largest absolute Gasteiger partial charge is 0.377 e. The Bertz CT molecular complexity index is 1340. The lowest BCUT2D eigenvalue weighted by Crippen LogP contribution is -2.61. The van der Waals surface area contributed by atoms with E-state index in [2.05, 4.69) is 15.7 Å². The van der Waals surface area contributed by atoms with Crippen molar-refractivity contribution in [2.45, 2.75) is 23.9 Å². The van der Waals surface area contributed by atoms with Crippen LogP contribution in [0.4, 0.5) is 16.2 Å². The topological polar surface area (TPSA) is 106 Å². The SMILES string of the molecule is Cc1ccc2nc(N3CCS(=O)(=NCCF)c4ccccc4C3)nc(NCC3(N)COC3)c2c1. The summed E-state index contributed by atoms with van der Waals surface area (Å²) in [6, 6.07) is 13.6. The minimum atomic E-state index is -2.73. The van der Waals surface area contributed by atoms with E-state index in [1.54, 1.807) is 0 Å². The number of ether oxygens (including phenoxy) is 1. The fourth-order valence-electron chi connectivity index (χ4n) is 4.29. The molecule has 10 heteroatoms. The van der Waals surface area contributed by atoms with Crippen LogP contribution < -0.4 is 16.0 Å². The van der Waals surface area contributed by atoms with Gasteiger partial charge in [0.1, 0.15) is 12.5 Å². The molecule has 5 rings (SSSR count). The molecule has 1 fully saturated rings. The third kappa shape index (κ3) is 4.45. The van der Waals surface area contributed by atoms with Gasteiger partial charge in [-0.2, -0.15) is 4.98 Å². The average Bonchev–Trinajstić information content (AvgIpc) is 2.97. The van der Waals surface area contributed by atoms with Crippen LogP contribution in [0.2, 0.25) is 0 Å². The Morgan fingerprint density at radius 3 is 2.85 bits per heavy atom. The van der Waals surface area contributed by atoms with Crippen LogP contribution in [0, 0.1) is 6.92 Å². The van der Waals surface area contributed by atoms with Gasteiger partial charge < -0.3 is 20.7 Å². The number of hydrogen-bond acceptors (Lipinski definition) is 8. The first kappa shape index (κ1) is 22.9. The Morgan fingerprint density at radius 1 is 1.26 bits per heavy atom. The molecule has 2 aliphatic heterocycles. The number of fused-ring (bicyclic) bond motifs is 2. The van der Waals surface area contributed by atoms with E-state index in [9.17, 15) is 8.60 Å². The van der Waals surface area contributed by atoms with Crippen molar-refractivity contribution in [2.24, 2.45) is 10.1 Å². The van der Waals surface area contributed by atoms with Gasteiger partial charge in [-0.05, 0) is 30.7 Å². The number of rotatable bonds is 6. The molecule has 1 atom stereocenters. The van der Waals surface area contributed by atoms with E-state index in [0.29, 0.717) is 49.5 Å². The van der Waals surface area contributed by atoms with E-state index in [4.69, 9.17) is 20.4 Å². The van der Waals surface area contributed by atoms with Crippen LogP contribution >= 0.6 is 0 Å². The summed E-state index contributed by atoms with van der Waals surface area (Å²) >= 11 is 0. The Hall–Kier alpha value is -2.82. The quantitative estimate of drug-likeness (QED) is 0.554. The Balaban J connectivity index is 1.54. The second-order valence-electron chi connectivity index (χ2n) is 9.02. The van der Waals surface area contributed by atoms with Crippen LogP contribution in [0.15, 0.2) is 51.7 Å². The van der Waals surface area contributed by atoms with Gasteiger partial charge in [0, 0.05) is 25.0 Å². The minimum absolute atomic E-state index is 0.0718. The Kier molecular flexibility index (Phi) is 6.13. The number of benzene rings is 2. The van der Waals surface area contributed by atoms with Gasteiger partial charge in [0.2, 0.25) is 5.95 Å². The molecule has 1 unspecified atom stereocenters. The summed E-state index contributed by atoms with van der Waals surface area (Å²) < 4.78 is 36.1. The van der Waals surface area contributed by atoms with Crippen LogP contribution in [-0.4, -0.2) is 65.0 Å². The van der Waals surface area contributed by atoms with Crippen molar-refractivity contribution in [3.63, 3.8) is 0 Å². The molecule has 3 N–H and O–H groups in total. The van der Waals surface area contributed by atoms with E-state index < -0.39 is 21.9 Å². The minimum Gasteiger partial charge on any atom is -0.377 e. The zero-order valence-corrected chi connectivity index (χ0v) is 20.0. The molecule has 1 aromatic heterocycles. The average molecular weight is 485 g/mol. The van der Waals surface area contributed by atoms with Crippen molar-refractivity contribution in [2.75, 3.05) is 55.5 Å². The highest BCUT2D eigenvalue weighted by Gasteiger charge is 2.34. The maximum absolute atomic E-state index is 13.7. The third-order valence-electron chi connectivity index (χ3n) is 6.21. The lowest BCUT2D eigenvalue weighted by atomic mass is 9.99. The molecule has 2 aliphatic rings. The number of alkyl halides is 1. The molecule has 0 saturated carbocycles. The summed E-state index contributed by atoms with van der Waals surface area (Å²) in [5.41, 5.74) is 8.74. The van der Waals surface area contributed by atoms with Crippen LogP contribution in [0.5, 0.6) is 0 Å². The Labute approximate surface area is 198 Å². The second kappa shape index (κ2) is 9.09. The third-order valence-corrected chi connectivity index (χ3v) is 8.63. The molecule has 2 aromatic carbocycles. The smallest absolute Gasteiger partial charge is 0.228 e. The number of nitrogens with one attached hydrogen (secondary N) is 1. The molecule has 0 aliphatic carbocycles. The van der Waals surface area contributed by atoms with E-state index >= 15 is 0 Å². The van der Waals surface area contributed by atoms with Crippen molar-refractivity contribution in [3.05, 3.63) is 53.6 Å². The van der Waals surface area contributed by atoms with Gasteiger partial charge >= 0.3 is 0 Å². The summed E-state index contributed by atoms with van der Waals surface area (Å²) in [6.07, 6.45) is 0. The highest BCUT2D eigenvalue weighted by atomic mass is 32.2. The van der Waals surface area contributed by atoms with Gasteiger partial charge in [-0.1, -0.05) is 29.8 Å². The van der Waals surface area contributed by atoms with Crippen LogP contribution in [0.25, 0.3) is 10.9 Å². The summed E-state index contributed by atoms with van der Waals surface area (Å²) in [7, 11) is -2.73. The summed E-state index contributed by atoms with van der Waals surface area (Å²) in [4.78, 5) is 12.4. The van der Waals surface area contributed by atoms with Gasteiger partial charge in [0.05, 0.1) is 51.2 Å². The fourth-order valence-corrected chi connectivity index (χ4v) is 6.45. The lowest BCUT2D eigenvalue weighted by molar-refractivity contribution is -0.0461. The molecular formula is C24H29FN6O2S. The van der Waals surface area contributed by atoms with Gasteiger partial charge in [0.25, 0.3) is 0 Å². The molecule has 3 heterocycles. The van der Waals surface area contributed by atoms with Crippen molar-refractivity contribution in [1.82, 2.24) is 9.97 Å². The van der Waals surface area contributed by atoms with E-state index in [-0.39, 0.29) is 12.3 Å². The van der Waals surface area contributed by atoms with Gasteiger partial charge in [0.15, 0.2) is 0 Å². The molecule has 0 amide bonds. The first-order valence-electron chi connectivity index (χ1n) is 11.4. The van der Waals surface area contributed by atoms with Crippen LogP contribution in [0.1, 0.15) is 11.1 Å². The molecule has 0 radical (unpaired) electrons. The highest BCUT2D eigenvalue weighted by Crippen LogP contribution is 2.30. The molecule has 0 spiro atoms. The zero-order chi connectivity index (χ0) is 23.8. The van der Waals surface area contributed by atoms with E-state index in [1.807, 2.05) is 48.2 Å². The van der Waals surface area contributed by atoms with Gasteiger partial charge in [-0.25, -0.2) is 17.9 Å².